The van der Waals surface area contributed by atoms with Gasteiger partial charge in [-0.3, -0.25) is 0 Å². The molecule has 0 spiro atoms. The molecule has 1 aromatic rings. The van der Waals surface area contributed by atoms with Gasteiger partial charge in [-0.15, -0.1) is 0 Å². The zero-order valence-corrected chi connectivity index (χ0v) is 12.5. The number of hydrogen-bond donors (Lipinski definition) is 1. The Morgan fingerprint density at radius 3 is 2.58 bits per heavy atom. The van der Waals surface area contributed by atoms with E-state index in [0.717, 1.165) is 25.4 Å². The van der Waals surface area contributed by atoms with Crippen LogP contribution in [-0.4, -0.2) is 31.8 Å². The molecule has 0 aromatic heterocycles. The molecule has 1 saturated heterocycles. The van der Waals surface area contributed by atoms with E-state index in [0.29, 0.717) is 18.0 Å². The third-order valence-electron chi connectivity index (χ3n) is 3.89. The molecule has 0 saturated carbocycles. The minimum Gasteiger partial charge on any atom is -0.494 e. The molecule has 0 amide bonds. The van der Waals surface area contributed by atoms with E-state index in [1.165, 1.54) is 5.69 Å². The molecule has 1 fully saturated rings. The molecule has 19 heavy (non-hydrogen) atoms. The molecule has 0 radical (unpaired) electrons. The van der Waals surface area contributed by atoms with Crippen LogP contribution in [0.3, 0.4) is 0 Å². The molecule has 2 unspecified atom stereocenters. The van der Waals surface area contributed by atoms with Gasteiger partial charge in [-0.25, -0.2) is 0 Å². The van der Waals surface area contributed by atoms with Crippen LogP contribution in [0.1, 0.15) is 27.7 Å². The highest BCUT2D eigenvalue weighted by Crippen LogP contribution is 2.24. The number of nitrogens with one attached hydrogen (secondary N) is 1. The van der Waals surface area contributed by atoms with Gasteiger partial charge in [0.05, 0.1) is 6.61 Å². The van der Waals surface area contributed by atoms with Crippen molar-refractivity contribution in [2.24, 2.45) is 5.92 Å². The van der Waals surface area contributed by atoms with E-state index < -0.39 is 0 Å². The number of hydrogen-bond acceptors (Lipinski definition) is 3. The monoisotopic (exact) mass is 262 g/mol. The van der Waals surface area contributed by atoms with Gasteiger partial charge in [-0.1, -0.05) is 13.8 Å². The summed E-state index contributed by atoms with van der Waals surface area (Å²) in [6, 6.07) is 9.58. The van der Waals surface area contributed by atoms with Gasteiger partial charge in [0.25, 0.3) is 0 Å². The first-order valence-corrected chi connectivity index (χ1v) is 7.34. The minimum atomic E-state index is 0.535. The van der Waals surface area contributed by atoms with Crippen molar-refractivity contribution in [3.05, 3.63) is 24.3 Å². The molecule has 2 rings (SSSR count). The molecule has 0 bridgehead atoms. The van der Waals surface area contributed by atoms with Crippen molar-refractivity contribution in [1.82, 2.24) is 5.32 Å². The lowest BCUT2D eigenvalue weighted by Gasteiger charge is -2.42. The summed E-state index contributed by atoms with van der Waals surface area (Å²) >= 11 is 0. The van der Waals surface area contributed by atoms with Gasteiger partial charge in [0.1, 0.15) is 5.75 Å². The van der Waals surface area contributed by atoms with Crippen molar-refractivity contribution in [2.75, 3.05) is 24.6 Å². The molecular weight excluding hydrogens is 236 g/mol. The first kappa shape index (κ1) is 14.2. The maximum Gasteiger partial charge on any atom is 0.119 e. The van der Waals surface area contributed by atoms with Gasteiger partial charge >= 0.3 is 0 Å². The average molecular weight is 262 g/mol. The van der Waals surface area contributed by atoms with Crippen LogP contribution < -0.4 is 15.0 Å². The van der Waals surface area contributed by atoms with Gasteiger partial charge in [0, 0.05) is 30.9 Å². The number of anilines is 1. The number of rotatable bonds is 4. The maximum atomic E-state index is 5.50. The van der Waals surface area contributed by atoms with Gasteiger partial charge < -0.3 is 15.0 Å². The molecular formula is C16H26N2O. The lowest BCUT2D eigenvalue weighted by atomic mass is 9.99. The summed E-state index contributed by atoms with van der Waals surface area (Å²) in [5, 5.41) is 3.63. The molecule has 2 atom stereocenters. The van der Waals surface area contributed by atoms with Crippen LogP contribution in [0.25, 0.3) is 0 Å². The Labute approximate surface area is 116 Å². The first-order chi connectivity index (χ1) is 9.11. The quantitative estimate of drug-likeness (QED) is 0.903. The van der Waals surface area contributed by atoms with Crippen LogP contribution in [0.2, 0.25) is 0 Å². The minimum absolute atomic E-state index is 0.535. The molecule has 106 valence electrons. The summed E-state index contributed by atoms with van der Waals surface area (Å²) in [6.07, 6.45) is 0. The molecule has 1 aliphatic heterocycles. The normalized spacial score (nSPS) is 23.7. The van der Waals surface area contributed by atoms with Crippen molar-refractivity contribution in [3.63, 3.8) is 0 Å². The van der Waals surface area contributed by atoms with Crippen molar-refractivity contribution in [1.29, 1.82) is 0 Å². The molecule has 1 aliphatic rings. The van der Waals surface area contributed by atoms with Crippen LogP contribution >= 0.6 is 0 Å². The fraction of sp³-hybridized carbons (Fsp3) is 0.625. The molecule has 1 heterocycles. The first-order valence-electron chi connectivity index (χ1n) is 7.34. The molecule has 1 N–H and O–H groups in total. The summed E-state index contributed by atoms with van der Waals surface area (Å²) in [7, 11) is 0. The van der Waals surface area contributed by atoms with Gasteiger partial charge in [-0.2, -0.15) is 0 Å². The molecule has 3 heteroatoms. The van der Waals surface area contributed by atoms with Crippen molar-refractivity contribution >= 4 is 5.69 Å². The summed E-state index contributed by atoms with van der Waals surface area (Å²) in [5.41, 5.74) is 1.29. The number of nitrogens with zero attached hydrogens (tertiary/aromatic N) is 1. The lowest BCUT2D eigenvalue weighted by Crippen LogP contribution is -2.57. The maximum absolute atomic E-state index is 5.50. The second-order valence-electron chi connectivity index (χ2n) is 5.69. The van der Waals surface area contributed by atoms with E-state index >= 15 is 0 Å². The van der Waals surface area contributed by atoms with Crippen molar-refractivity contribution < 1.29 is 4.74 Å². The Balaban J connectivity index is 2.09. The van der Waals surface area contributed by atoms with Crippen LogP contribution in [0.5, 0.6) is 5.75 Å². The van der Waals surface area contributed by atoms with E-state index in [1.54, 1.807) is 0 Å². The molecule has 1 aromatic carbocycles. The van der Waals surface area contributed by atoms with E-state index in [-0.39, 0.29) is 0 Å². The Morgan fingerprint density at radius 2 is 2.00 bits per heavy atom. The summed E-state index contributed by atoms with van der Waals surface area (Å²) < 4.78 is 5.50. The highest BCUT2D eigenvalue weighted by molar-refractivity contribution is 5.50. The largest absolute Gasteiger partial charge is 0.494 e. The van der Waals surface area contributed by atoms with Gasteiger partial charge in [0.15, 0.2) is 0 Å². The van der Waals surface area contributed by atoms with Crippen LogP contribution in [0.4, 0.5) is 5.69 Å². The van der Waals surface area contributed by atoms with E-state index in [2.05, 4.69) is 55.3 Å². The van der Waals surface area contributed by atoms with E-state index in [1.807, 2.05) is 6.92 Å². The molecule has 0 aliphatic carbocycles. The third-order valence-corrected chi connectivity index (χ3v) is 3.89. The van der Waals surface area contributed by atoms with Crippen molar-refractivity contribution in [3.8, 4) is 5.75 Å². The Kier molecular flexibility index (Phi) is 4.70. The zero-order valence-electron chi connectivity index (χ0n) is 12.5. The van der Waals surface area contributed by atoms with Crippen LogP contribution in [0.15, 0.2) is 24.3 Å². The van der Waals surface area contributed by atoms with Gasteiger partial charge in [0.2, 0.25) is 0 Å². The summed E-state index contributed by atoms with van der Waals surface area (Å²) in [4.78, 5) is 2.50. The smallest absolute Gasteiger partial charge is 0.119 e. The standard InChI is InChI=1S/C16H26N2O/c1-5-19-15-8-6-14(7-9-15)18-11-16(12(2)3)17-10-13(18)4/h6-9,12-13,16-17H,5,10-11H2,1-4H3. The fourth-order valence-corrected chi connectivity index (χ4v) is 2.60. The fourth-order valence-electron chi connectivity index (χ4n) is 2.60. The van der Waals surface area contributed by atoms with Crippen LogP contribution in [0, 0.1) is 5.92 Å². The molecule has 3 nitrogen and oxygen atoms in total. The lowest BCUT2D eigenvalue weighted by molar-refractivity contribution is 0.335. The number of ether oxygens (including phenoxy) is 1. The van der Waals surface area contributed by atoms with E-state index in [9.17, 15) is 0 Å². The third kappa shape index (κ3) is 3.41. The predicted molar refractivity (Wildman–Crippen MR) is 81.0 cm³/mol. The highest BCUT2D eigenvalue weighted by Gasteiger charge is 2.26. The van der Waals surface area contributed by atoms with Gasteiger partial charge in [-0.05, 0) is 44.0 Å². The predicted octanol–water partition coefficient (Wildman–Crippen LogP) is 2.91. The highest BCUT2D eigenvalue weighted by atomic mass is 16.5. The second kappa shape index (κ2) is 6.29. The topological polar surface area (TPSA) is 24.5 Å². The summed E-state index contributed by atoms with van der Waals surface area (Å²) in [6.45, 7) is 11.7. The van der Waals surface area contributed by atoms with Crippen LogP contribution in [-0.2, 0) is 0 Å². The Morgan fingerprint density at radius 1 is 1.32 bits per heavy atom. The summed E-state index contributed by atoms with van der Waals surface area (Å²) in [5.74, 6) is 1.62. The van der Waals surface area contributed by atoms with E-state index in [4.69, 9.17) is 4.74 Å². The Hall–Kier alpha value is -1.22. The Bertz CT molecular complexity index is 388. The number of benzene rings is 1. The average Bonchev–Trinajstić information content (AvgIpc) is 2.40. The zero-order chi connectivity index (χ0) is 13.8. The SMILES string of the molecule is CCOc1ccc(N2CC(C(C)C)NCC2C)cc1. The number of piperazine rings is 1. The second-order valence-corrected chi connectivity index (χ2v) is 5.69. The van der Waals surface area contributed by atoms with Crippen molar-refractivity contribution in [2.45, 2.75) is 39.8 Å².